The van der Waals surface area contributed by atoms with Gasteiger partial charge in [0.1, 0.15) is 23.8 Å². The fraction of sp³-hybridized carbons (Fsp3) is 0.138. The molecule has 0 radical (unpaired) electrons. The molecule has 0 saturated heterocycles. The van der Waals surface area contributed by atoms with Gasteiger partial charge in [-0.2, -0.15) is 5.10 Å². The summed E-state index contributed by atoms with van der Waals surface area (Å²) in [6.45, 7) is 0.189. The van der Waals surface area contributed by atoms with Crippen LogP contribution in [-0.2, 0) is 6.61 Å². The van der Waals surface area contributed by atoms with Crippen molar-refractivity contribution in [1.82, 2.24) is 15.4 Å². The number of benzene rings is 3. The van der Waals surface area contributed by atoms with E-state index in [1.807, 2.05) is 0 Å². The second kappa shape index (κ2) is 10.3. The van der Waals surface area contributed by atoms with Gasteiger partial charge < -0.3 is 14.4 Å². The number of ether oxygens (including phenoxy) is 1. The van der Waals surface area contributed by atoms with E-state index in [1.54, 1.807) is 42.6 Å². The average molecular weight is 579 g/mol. The number of H-pyrrole nitrogens is 1. The van der Waals surface area contributed by atoms with E-state index < -0.39 is 5.97 Å². The number of nitrogens with zero attached hydrogens (tertiary/aromatic N) is 2. The molecule has 194 valence electrons. The van der Waals surface area contributed by atoms with Gasteiger partial charge in [-0.25, -0.2) is 4.79 Å². The van der Waals surface area contributed by atoms with E-state index in [2.05, 4.69) is 27.2 Å². The van der Waals surface area contributed by atoms with E-state index in [-0.39, 0.29) is 12.2 Å². The van der Waals surface area contributed by atoms with E-state index in [9.17, 15) is 9.90 Å². The van der Waals surface area contributed by atoms with E-state index in [1.165, 1.54) is 12.1 Å². The topological polar surface area (TPSA) is 101 Å². The molecule has 7 nitrogen and oxygen atoms in total. The summed E-state index contributed by atoms with van der Waals surface area (Å²) >= 11 is 19.4. The first-order valence-electron chi connectivity index (χ1n) is 12.0. The van der Waals surface area contributed by atoms with E-state index >= 15 is 0 Å². The van der Waals surface area contributed by atoms with Crippen molar-refractivity contribution in [3.05, 3.63) is 97.8 Å². The Balaban J connectivity index is 1.26. The molecule has 0 bridgehead atoms. The molecule has 0 unspecified atom stereocenters. The molecule has 1 aliphatic carbocycles. The molecule has 0 atom stereocenters. The van der Waals surface area contributed by atoms with Gasteiger partial charge in [0.15, 0.2) is 0 Å². The molecule has 6 rings (SSSR count). The van der Waals surface area contributed by atoms with Crippen molar-refractivity contribution in [2.75, 3.05) is 0 Å². The molecule has 2 aromatic heterocycles. The Bertz CT molecular complexity index is 1790. The summed E-state index contributed by atoms with van der Waals surface area (Å²) in [4.78, 5) is 11.5. The maximum Gasteiger partial charge on any atom is 0.335 e. The lowest BCUT2D eigenvalue weighted by molar-refractivity contribution is 0.0697. The molecule has 10 heteroatoms. The van der Waals surface area contributed by atoms with Crippen LogP contribution >= 0.6 is 34.8 Å². The first kappa shape index (κ1) is 25.3. The number of aromatic nitrogens is 3. The van der Waals surface area contributed by atoms with Gasteiger partial charge in [0.05, 0.1) is 37.9 Å². The van der Waals surface area contributed by atoms with Crippen LogP contribution in [0.2, 0.25) is 15.1 Å². The van der Waals surface area contributed by atoms with Gasteiger partial charge in [-0.15, -0.1) is 0 Å². The molecule has 39 heavy (non-hydrogen) atoms. The molecular weight excluding hydrogens is 561 g/mol. The largest absolute Gasteiger partial charge is 0.489 e. The summed E-state index contributed by atoms with van der Waals surface area (Å²) < 4.78 is 11.8. The van der Waals surface area contributed by atoms with Crippen LogP contribution in [0.4, 0.5) is 0 Å². The lowest BCUT2D eigenvalue weighted by Crippen LogP contribution is -2.00. The number of aromatic amines is 1. The quantitative estimate of drug-likeness (QED) is 0.200. The zero-order valence-electron chi connectivity index (χ0n) is 20.1. The molecule has 1 fully saturated rings. The highest BCUT2D eigenvalue weighted by molar-refractivity contribution is 6.39. The Hall–Kier alpha value is -3.96. The zero-order chi connectivity index (χ0) is 27.1. The number of carboxylic acids is 1. The monoisotopic (exact) mass is 577 g/mol. The van der Waals surface area contributed by atoms with Crippen molar-refractivity contribution in [1.29, 1.82) is 0 Å². The van der Waals surface area contributed by atoms with Crippen LogP contribution in [0.3, 0.4) is 0 Å². The number of carbonyl (C=O) groups is 1. The summed E-state index contributed by atoms with van der Waals surface area (Å²) in [5.41, 5.74) is 3.77. The molecule has 5 aromatic rings. The van der Waals surface area contributed by atoms with Crippen molar-refractivity contribution in [2.24, 2.45) is 0 Å². The van der Waals surface area contributed by atoms with Crippen molar-refractivity contribution in [3.63, 3.8) is 0 Å². The van der Waals surface area contributed by atoms with Crippen molar-refractivity contribution in [3.8, 4) is 28.8 Å². The summed E-state index contributed by atoms with van der Waals surface area (Å²) in [6, 6.07) is 13.5. The molecule has 1 saturated carbocycles. The number of halogens is 3. The van der Waals surface area contributed by atoms with Gasteiger partial charge >= 0.3 is 5.97 Å². The van der Waals surface area contributed by atoms with Crippen LogP contribution < -0.4 is 4.74 Å². The number of nitrogens with one attached hydrogen (secondary N) is 1. The molecule has 0 amide bonds. The van der Waals surface area contributed by atoms with Crippen LogP contribution in [0.25, 0.3) is 22.2 Å². The molecule has 1 aliphatic rings. The minimum absolute atomic E-state index is 0.114. The molecule has 0 aliphatic heterocycles. The number of carboxylic acid groups (broad SMARTS) is 1. The Morgan fingerprint density at radius 3 is 2.54 bits per heavy atom. The number of hydrogen-bond donors (Lipinski definition) is 2. The van der Waals surface area contributed by atoms with Crippen molar-refractivity contribution < 1.29 is 19.2 Å². The second-order valence-electron chi connectivity index (χ2n) is 9.09. The van der Waals surface area contributed by atoms with Crippen molar-refractivity contribution in [2.45, 2.75) is 25.4 Å². The molecular formula is C29H18Cl3N3O4. The predicted molar refractivity (Wildman–Crippen MR) is 149 cm³/mol. The Kier molecular flexibility index (Phi) is 6.69. The smallest absolute Gasteiger partial charge is 0.335 e. The predicted octanol–water partition coefficient (Wildman–Crippen LogP) is 7.73. The average Bonchev–Trinajstić information content (AvgIpc) is 3.49. The lowest BCUT2D eigenvalue weighted by atomic mass is 10.0. The van der Waals surface area contributed by atoms with Crippen molar-refractivity contribution >= 4 is 51.7 Å². The van der Waals surface area contributed by atoms with Gasteiger partial charge in [-0.05, 0) is 49.2 Å². The Morgan fingerprint density at radius 2 is 1.82 bits per heavy atom. The Labute approximate surface area is 237 Å². The van der Waals surface area contributed by atoms with E-state index in [4.69, 9.17) is 44.1 Å². The standard InChI is InChI=1S/C29H18Cl3N3O4/c30-22-2-1-3-23(31)26(22)27-21(28(39-35-27)16-5-6-16)14-38-19-9-8-15(24(32)12-19)4-7-17-10-18(29(36)37)11-25-20(17)13-33-34-25/h1-3,8-13,16H,5-6,14H2,(H,33,34)(H,36,37). The summed E-state index contributed by atoms with van der Waals surface area (Å²) in [5.74, 6) is 6.61. The number of fused-ring (bicyclic) bond motifs is 1. The minimum atomic E-state index is -1.05. The first-order valence-corrected chi connectivity index (χ1v) is 13.1. The third-order valence-corrected chi connectivity index (χ3v) is 7.37. The molecule has 2 heterocycles. The highest BCUT2D eigenvalue weighted by Crippen LogP contribution is 2.46. The molecule has 3 aromatic carbocycles. The van der Waals surface area contributed by atoms with E-state index in [0.29, 0.717) is 54.6 Å². The van der Waals surface area contributed by atoms with Crippen LogP contribution in [0.1, 0.15) is 51.6 Å². The zero-order valence-corrected chi connectivity index (χ0v) is 22.4. The van der Waals surface area contributed by atoms with Crippen LogP contribution in [0.15, 0.2) is 59.3 Å². The summed E-state index contributed by atoms with van der Waals surface area (Å²) in [6.07, 6.45) is 3.66. The van der Waals surface area contributed by atoms with E-state index in [0.717, 1.165) is 29.6 Å². The van der Waals surface area contributed by atoms with Crippen LogP contribution in [0.5, 0.6) is 5.75 Å². The van der Waals surface area contributed by atoms with Gasteiger partial charge in [0.2, 0.25) is 0 Å². The van der Waals surface area contributed by atoms with Gasteiger partial charge in [0, 0.05) is 34.1 Å². The fourth-order valence-corrected chi connectivity index (χ4v) is 5.10. The maximum atomic E-state index is 11.5. The summed E-state index contributed by atoms with van der Waals surface area (Å²) in [5, 5.41) is 22.5. The number of rotatable bonds is 6. The SMILES string of the molecule is O=C(O)c1cc(C#Cc2ccc(OCc3c(-c4c(Cl)cccc4Cl)noc3C3CC3)cc2Cl)c2cn[nH]c2c1. The van der Waals surface area contributed by atoms with Gasteiger partial charge in [0.25, 0.3) is 0 Å². The Morgan fingerprint density at radius 1 is 1.05 bits per heavy atom. The maximum absolute atomic E-state index is 11.5. The van der Waals surface area contributed by atoms with Gasteiger partial charge in [-0.3, -0.25) is 5.10 Å². The first-order chi connectivity index (χ1) is 18.9. The van der Waals surface area contributed by atoms with Crippen LogP contribution in [-0.4, -0.2) is 26.4 Å². The third-order valence-electron chi connectivity index (χ3n) is 6.43. The number of hydrogen-bond acceptors (Lipinski definition) is 5. The lowest BCUT2D eigenvalue weighted by Gasteiger charge is -2.10. The highest BCUT2D eigenvalue weighted by Gasteiger charge is 2.33. The highest BCUT2D eigenvalue weighted by atomic mass is 35.5. The molecule has 0 spiro atoms. The summed E-state index contributed by atoms with van der Waals surface area (Å²) in [7, 11) is 0. The van der Waals surface area contributed by atoms with Gasteiger partial charge in [-0.1, -0.05) is 57.9 Å². The second-order valence-corrected chi connectivity index (χ2v) is 10.3. The third kappa shape index (κ3) is 5.07. The normalized spacial score (nSPS) is 12.8. The molecule has 2 N–H and O–H groups in total. The van der Waals surface area contributed by atoms with Crippen LogP contribution in [0, 0.1) is 11.8 Å². The fourth-order valence-electron chi connectivity index (χ4n) is 4.30. The minimum Gasteiger partial charge on any atom is -0.489 e. The number of aromatic carboxylic acids is 1.